The number of nitrogens with one attached hydrogen (secondary N) is 1. The zero-order chi connectivity index (χ0) is 13.4. The molecule has 0 aromatic heterocycles. The van der Waals surface area contributed by atoms with Crippen molar-refractivity contribution in [1.29, 1.82) is 0 Å². The van der Waals surface area contributed by atoms with Crippen LogP contribution in [0.3, 0.4) is 0 Å². The first-order chi connectivity index (χ1) is 8.59. The molecule has 0 radical (unpaired) electrons. The number of hydrogen-bond acceptors (Lipinski definition) is 3. The Hall–Kier alpha value is -1.94. The number of amides is 1. The molecule has 1 amide bonds. The van der Waals surface area contributed by atoms with Crippen molar-refractivity contribution in [2.45, 2.75) is 0 Å². The number of carbonyl (C=O) groups is 2. The van der Waals surface area contributed by atoms with E-state index < -0.39 is 11.7 Å². The average molecular weight is 246 g/mol. The van der Waals surface area contributed by atoms with Crippen LogP contribution in [0, 0.1) is 0 Å². The Morgan fingerprint density at radius 1 is 1.22 bits per heavy atom. The molecule has 1 rings (SSSR count). The predicted molar refractivity (Wildman–Crippen MR) is 72.0 cm³/mol. The largest absolute Gasteiger partial charge is 0.348 e. The smallest absolute Gasteiger partial charge is 0.291 e. The summed E-state index contributed by atoms with van der Waals surface area (Å²) in [5.41, 5.74) is 0.895. The number of carbonyl (C=O) groups excluding carboxylic acids is 2. The van der Waals surface area contributed by atoms with E-state index in [-0.39, 0.29) is 0 Å². The van der Waals surface area contributed by atoms with Gasteiger partial charge in [-0.3, -0.25) is 9.59 Å². The molecule has 0 fully saturated rings. The molecule has 0 aliphatic rings. The molecule has 0 unspecified atom stereocenters. The Morgan fingerprint density at radius 2 is 1.89 bits per heavy atom. The Balaban J connectivity index is 2.41. The van der Waals surface area contributed by atoms with E-state index in [4.69, 9.17) is 0 Å². The molecule has 96 valence electrons. The first-order valence-electron chi connectivity index (χ1n) is 5.79. The molecule has 0 aliphatic carbocycles. The van der Waals surface area contributed by atoms with Crippen molar-refractivity contribution >= 4 is 17.8 Å². The Kier molecular flexibility index (Phi) is 5.80. The van der Waals surface area contributed by atoms with Gasteiger partial charge in [0.15, 0.2) is 0 Å². The number of benzene rings is 1. The minimum absolute atomic E-state index is 0.469. The molecule has 0 heterocycles. The highest BCUT2D eigenvalue weighted by Crippen LogP contribution is 2.00. The third-order valence-electron chi connectivity index (χ3n) is 2.30. The molecule has 0 saturated heterocycles. The molecule has 0 bridgehead atoms. The summed E-state index contributed by atoms with van der Waals surface area (Å²) < 4.78 is 0. The fraction of sp³-hybridized carbons (Fsp3) is 0.286. The molecule has 4 nitrogen and oxygen atoms in total. The lowest BCUT2D eigenvalue weighted by Crippen LogP contribution is -2.35. The molecular weight excluding hydrogens is 228 g/mol. The summed E-state index contributed by atoms with van der Waals surface area (Å²) in [6, 6.07) is 9.39. The van der Waals surface area contributed by atoms with Gasteiger partial charge in [0.1, 0.15) is 0 Å². The molecule has 1 aromatic carbocycles. The van der Waals surface area contributed by atoms with Crippen LogP contribution in [0.25, 0.3) is 6.08 Å². The standard InChI is InChI=1S/C14H18N2O2/c1-16(2)11-10-15-14(18)13(17)9-8-12-6-4-3-5-7-12/h3-9H,10-11H2,1-2H3,(H,15,18)/b9-8+. The van der Waals surface area contributed by atoms with E-state index in [0.29, 0.717) is 13.1 Å². The van der Waals surface area contributed by atoms with E-state index in [1.54, 1.807) is 6.08 Å². The highest BCUT2D eigenvalue weighted by atomic mass is 16.2. The lowest BCUT2D eigenvalue weighted by atomic mass is 10.2. The summed E-state index contributed by atoms with van der Waals surface area (Å²) in [4.78, 5) is 24.8. The van der Waals surface area contributed by atoms with E-state index in [2.05, 4.69) is 5.32 Å². The summed E-state index contributed by atoms with van der Waals surface area (Å²) in [5.74, 6) is -1.10. The van der Waals surface area contributed by atoms with E-state index in [1.165, 1.54) is 6.08 Å². The van der Waals surface area contributed by atoms with Gasteiger partial charge < -0.3 is 10.2 Å². The summed E-state index contributed by atoms with van der Waals surface area (Å²) in [7, 11) is 3.81. The number of likely N-dealkylation sites (N-methyl/N-ethyl adjacent to an activating group) is 1. The van der Waals surface area contributed by atoms with E-state index in [9.17, 15) is 9.59 Å². The Bertz CT molecular complexity index is 425. The van der Waals surface area contributed by atoms with Gasteiger partial charge in [0.2, 0.25) is 5.78 Å². The molecule has 0 atom stereocenters. The van der Waals surface area contributed by atoms with Crippen LogP contribution in [0.2, 0.25) is 0 Å². The monoisotopic (exact) mass is 246 g/mol. The van der Waals surface area contributed by atoms with Crippen LogP contribution in [0.15, 0.2) is 36.4 Å². The fourth-order valence-electron chi connectivity index (χ4n) is 1.29. The highest BCUT2D eigenvalue weighted by molar-refractivity contribution is 6.41. The zero-order valence-corrected chi connectivity index (χ0v) is 10.7. The van der Waals surface area contributed by atoms with E-state index in [0.717, 1.165) is 5.56 Å². The molecule has 0 saturated carbocycles. The van der Waals surface area contributed by atoms with Gasteiger partial charge in [-0.05, 0) is 25.7 Å². The maximum atomic E-state index is 11.5. The van der Waals surface area contributed by atoms with E-state index in [1.807, 2.05) is 49.3 Å². The number of ketones is 1. The lowest BCUT2D eigenvalue weighted by Gasteiger charge is -2.09. The zero-order valence-electron chi connectivity index (χ0n) is 10.7. The Morgan fingerprint density at radius 3 is 2.50 bits per heavy atom. The first-order valence-corrected chi connectivity index (χ1v) is 5.79. The number of rotatable bonds is 6. The molecule has 0 spiro atoms. The SMILES string of the molecule is CN(C)CCNC(=O)C(=O)/C=C/c1ccccc1. The van der Waals surface area contributed by atoms with Crippen LogP contribution < -0.4 is 5.32 Å². The van der Waals surface area contributed by atoms with Crippen LogP contribution in [-0.4, -0.2) is 43.8 Å². The maximum Gasteiger partial charge on any atom is 0.291 e. The minimum atomic E-state index is -0.566. The summed E-state index contributed by atoms with van der Waals surface area (Å²) in [5, 5.41) is 2.57. The summed E-state index contributed by atoms with van der Waals surface area (Å²) in [6.07, 6.45) is 2.92. The lowest BCUT2D eigenvalue weighted by molar-refractivity contribution is -0.135. The van der Waals surface area contributed by atoms with Gasteiger partial charge >= 0.3 is 0 Å². The maximum absolute atomic E-state index is 11.5. The van der Waals surface area contributed by atoms with Crippen molar-refractivity contribution in [3.05, 3.63) is 42.0 Å². The van der Waals surface area contributed by atoms with Gasteiger partial charge in [0, 0.05) is 13.1 Å². The normalized spacial score (nSPS) is 10.8. The van der Waals surface area contributed by atoms with Crippen molar-refractivity contribution in [2.75, 3.05) is 27.2 Å². The fourth-order valence-corrected chi connectivity index (χ4v) is 1.29. The third kappa shape index (κ3) is 5.41. The van der Waals surface area contributed by atoms with E-state index >= 15 is 0 Å². The number of hydrogen-bond donors (Lipinski definition) is 1. The second-order valence-corrected chi connectivity index (χ2v) is 4.17. The highest BCUT2D eigenvalue weighted by Gasteiger charge is 2.08. The van der Waals surface area contributed by atoms with Crippen LogP contribution in [0.5, 0.6) is 0 Å². The Labute approximate surface area is 107 Å². The van der Waals surface area contributed by atoms with Crippen molar-refractivity contribution in [1.82, 2.24) is 10.2 Å². The van der Waals surface area contributed by atoms with Gasteiger partial charge in [-0.2, -0.15) is 0 Å². The second kappa shape index (κ2) is 7.40. The molecular formula is C14H18N2O2. The summed E-state index contributed by atoms with van der Waals surface area (Å²) >= 11 is 0. The molecule has 0 aliphatic heterocycles. The topological polar surface area (TPSA) is 49.4 Å². The minimum Gasteiger partial charge on any atom is -0.348 e. The molecule has 18 heavy (non-hydrogen) atoms. The molecule has 4 heteroatoms. The third-order valence-corrected chi connectivity index (χ3v) is 2.30. The quantitative estimate of drug-likeness (QED) is 0.600. The van der Waals surface area contributed by atoms with Gasteiger partial charge in [-0.25, -0.2) is 0 Å². The van der Waals surface area contributed by atoms with Crippen LogP contribution in [-0.2, 0) is 9.59 Å². The first kappa shape index (κ1) is 14.1. The van der Waals surface area contributed by atoms with Crippen LogP contribution >= 0.6 is 0 Å². The summed E-state index contributed by atoms with van der Waals surface area (Å²) in [6.45, 7) is 1.18. The second-order valence-electron chi connectivity index (χ2n) is 4.17. The van der Waals surface area contributed by atoms with Crippen LogP contribution in [0.4, 0.5) is 0 Å². The predicted octanol–water partition coefficient (Wildman–Crippen LogP) is 0.947. The van der Waals surface area contributed by atoms with Crippen molar-refractivity contribution < 1.29 is 9.59 Å². The molecule has 1 aromatic rings. The van der Waals surface area contributed by atoms with Gasteiger partial charge in [-0.1, -0.05) is 36.4 Å². The van der Waals surface area contributed by atoms with Gasteiger partial charge in [0.05, 0.1) is 0 Å². The van der Waals surface area contributed by atoms with Crippen molar-refractivity contribution in [2.24, 2.45) is 0 Å². The van der Waals surface area contributed by atoms with Gasteiger partial charge in [0.25, 0.3) is 5.91 Å². The number of nitrogens with zero attached hydrogens (tertiary/aromatic N) is 1. The van der Waals surface area contributed by atoms with Gasteiger partial charge in [-0.15, -0.1) is 0 Å². The van der Waals surface area contributed by atoms with Crippen molar-refractivity contribution in [3.63, 3.8) is 0 Å². The average Bonchev–Trinajstić information content (AvgIpc) is 2.36. The molecule has 1 N–H and O–H groups in total. The van der Waals surface area contributed by atoms with Crippen LogP contribution in [0.1, 0.15) is 5.56 Å². The van der Waals surface area contributed by atoms with Crippen molar-refractivity contribution in [3.8, 4) is 0 Å².